The summed E-state index contributed by atoms with van der Waals surface area (Å²) < 4.78 is 0. The number of phenols is 1. The van der Waals surface area contributed by atoms with E-state index in [0.717, 1.165) is 22.2 Å². The lowest BCUT2D eigenvalue weighted by atomic mass is 10.1. The zero-order chi connectivity index (χ0) is 13.9. The third kappa shape index (κ3) is 2.30. The normalized spacial score (nSPS) is 12.2. The molecule has 0 bridgehead atoms. The molecule has 3 nitrogen and oxygen atoms in total. The van der Waals surface area contributed by atoms with Crippen LogP contribution in [-0.4, -0.2) is 10.1 Å². The van der Waals surface area contributed by atoms with E-state index in [1.807, 2.05) is 55.5 Å². The molecule has 0 aliphatic heterocycles. The van der Waals surface area contributed by atoms with Crippen LogP contribution in [0.15, 0.2) is 60.8 Å². The molecule has 1 aromatic heterocycles. The SMILES string of the molecule is CC(Nc1cccc2ncccc12)c1ccccc1O. The zero-order valence-electron chi connectivity index (χ0n) is 11.2. The molecular formula is C17H16N2O. The highest BCUT2D eigenvalue weighted by Gasteiger charge is 2.10. The Morgan fingerprint density at radius 3 is 2.70 bits per heavy atom. The molecule has 2 aromatic carbocycles. The summed E-state index contributed by atoms with van der Waals surface area (Å²) in [6.45, 7) is 2.03. The molecule has 1 atom stereocenters. The first-order valence-electron chi connectivity index (χ1n) is 6.64. The fourth-order valence-electron chi connectivity index (χ4n) is 2.39. The van der Waals surface area contributed by atoms with E-state index in [1.54, 1.807) is 12.3 Å². The lowest BCUT2D eigenvalue weighted by molar-refractivity contribution is 0.465. The number of benzene rings is 2. The minimum absolute atomic E-state index is 0.0157. The van der Waals surface area contributed by atoms with Crippen molar-refractivity contribution in [1.82, 2.24) is 4.98 Å². The van der Waals surface area contributed by atoms with Gasteiger partial charge < -0.3 is 10.4 Å². The Hall–Kier alpha value is -2.55. The number of nitrogens with one attached hydrogen (secondary N) is 1. The lowest BCUT2D eigenvalue weighted by Crippen LogP contribution is -2.07. The maximum absolute atomic E-state index is 9.92. The molecule has 3 aromatic rings. The summed E-state index contributed by atoms with van der Waals surface area (Å²) in [6, 6.07) is 17.4. The molecule has 3 heteroatoms. The van der Waals surface area contributed by atoms with Crippen LogP contribution in [-0.2, 0) is 0 Å². The number of rotatable bonds is 3. The molecule has 0 aliphatic rings. The second-order valence-corrected chi connectivity index (χ2v) is 4.80. The van der Waals surface area contributed by atoms with Crippen LogP contribution in [0.3, 0.4) is 0 Å². The third-order valence-electron chi connectivity index (χ3n) is 3.42. The maximum atomic E-state index is 9.92. The Bertz CT molecular complexity index is 734. The minimum Gasteiger partial charge on any atom is -0.508 e. The first kappa shape index (κ1) is 12.5. The average Bonchev–Trinajstić information content (AvgIpc) is 2.48. The van der Waals surface area contributed by atoms with Gasteiger partial charge in [-0.2, -0.15) is 0 Å². The predicted molar refractivity (Wildman–Crippen MR) is 81.9 cm³/mol. The van der Waals surface area contributed by atoms with Crippen molar-refractivity contribution in [2.24, 2.45) is 0 Å². The number of phenolic OH excluding ortho intramolecular Hbond substituents is 1. The number of anilines is 1. The smallest absolute Gasteiger partial charge is 0.120 e. The second-order valence-electron chi connectivity index (χ2n) is 4.80. The number of hydrogen-bond acceptors (Lipinski definition) is 3. The van der Waals surface area contributed by atoms with Gasteiger partial charge in [0.2, 0.25) is 0 Å². The third-order valence-corrected chi connectivity index (χ3v) is 3.42. The number of fused-ring (bicyclic) bond motifs is 1. The number of para-hydroxylation sites is 1. The molecular weight excluding hydrogens is 248 g/mol. The van der Waals surface area contributed by atoms with Gasteiger partial charge in [-0.3, -0.25) is 4.98 Å². The quantitative estimate of drug-likeness (QED) is 0.748. The highest BCUT2D eigenvalue weighted by atomic mass is 16.3. The van der Waals surface area contributed by atoms with Gasteiger partial charge in [0.05, 0.1) is 11.6 Å². The summed E-state index contributed by atoms with van der Waals surface area (Å²) >= 11 is 0. The van der Waals surface area contributed by atoms with Crippen molar-refractivity contribution < 1.29 is 5.11 Å². The van der Waals surface area contributed by atoms with Gasteiger partial charge in [0.15, 0.2) is 0 Å². The average molecular weight is 264 g/mol. The van der Waals surface area contributed by atoms with Crippen molar-refractivity contribution in [3.63, 3.8) is 0 Å². The van der Waals surface area contributed by atoms with Gasteiger partial charge in [-0.1, -0.05) is 24.3 Å². The van der Waals surface area contributed by atoms with E-state index in [4.69, 9.17) is 0 Å². The van der Waals surface area contributed by atoms with Gasteiger partial charge >= 0.3 is 0 Å². The van der Waals surface area contributed by atoms with Crippen LogP contribution in [0.4, 0.5) is 5.69 Å². The monoisotopic (exact) mass is 264 g/mol. The first-order chi connectivity index (χ1) is 9.75. The van der Waals surface area contributed by atoms with Gasteiger partial charge in [-0.05, 0) is 37.3 Å². The molecule has 1 heterocycles. The van der Waals surface area contributed by atoms with Gasteiger partial charge in [0.25, 0.3) is 0 Å². The van der Waals surface area contributed by atoms with Crippen molar-refractivity contribution in [1.29, 1.82) is 0 Å². The van der Waals surface area contributed by atoms with Crippen molar-refractivity contribution in [3.05, 3.63) is 66.4 Å². The van der Waals surface area contributed by atoms with Crippen molar-refractivity contribution >= 4 is 16.6 Å². The lowest BCUT2D eigenvalue weighted by Gasteiger charge is -2.18. The van der Waals surface area contributed by atoms with Crippen LogP contribution in [0.25, 0.3) is 10.9 Å². The van der Waals surface area contributed by atoms with E-state index in [2.05, 4.69) is 10.3 Å². The fourth-order valence-corrected chi connectivity index (χ4v) is 2.39. The van der Waals surface area contributed by atoms with Crippen molar-refractivity contribution in [2.45, 2.75) is 13.0 Å². The van der Waals surface area contributed by atoms with Gasteiger partial charge in [0.1, 0.15) is 5.75 Å². The highest BCUT2D eigenvalue weighted by molar-refractivity contribution is 5.91. The number of aromatic nitrogens is 1. The van der Waals surface area contributed by atoms with E-state index in [9.17, 15) is 5.11 Å². The molecule has 0 saturated carbocycles. The van der Waals surface area contributed by atoms with Crippen LogP contribution >= 0.6 is 0 Å². The van der Waals surface area contributed by atoms with Crippen LogP contribution in [0.5, 0.6) is 5.75 Å². The Balaban J connectivity index is 1.96. The molecule has 3 rings (SSSR count). The second kappa shape index (κ2) is 5.21. The standard InChI is InChI=1S/C17H16N2O/c1-12(13-6-2-3-10-17(13)20)19-16-9-4-8-15-14(16)7-5-11-18-15/h2-12,19-20H,1H3. The van der Waals surface area contributed by atoms with E-state index in [-0.39, 0.29) is 6.04 Å². The van der Waals surface area contributed by atoms with Crippen LogP contribution in [0.1, 0.15) is 18.5 Å². The molecule has 100 valence electrons. The fraction of sp³-hybridized carbons (Fsp3) is 0.118. The summed E-state index contributed by atoms with van der Waals surface area (Å²) in [7, 11) is 0. The zero-order valence-corrected chi connectivity index (χ0v) is 11.2. The minimum atomic E-state index is 0.0157. The van der Waals surface area contributed by atoms with E-state index in [1.165, 1.54) is 0 Å². The largest absolute Gasteiger partial charge is 0.508 e. The number of nitrogens with zero attached hydrogens (tertiary/aromatic N) is 1. The highest BCUT2D eigenvalue weighted by Crippen LogP contribution is 2.29. The van der Waals surface area contributed by atoms with Crippen molar-refractivity contribution in [2.75, 3.05) is 5.32 Å². The molecule has 0 aliphatic carbocycles. The molecule has 0 radical (unpaired) electrons. The summed E-state index contributed by atoms with van der Waals surface area (Å²) in [6.07, 6.45) is 1.79. The number of hydrogen-bond donors (Lipinski definition) is 2. The molecule has 1 unspecified atom stereocenters. The summed E-state index contributed by atoms with van der Waals surface area (Å²) in [5.74, 6) is 0.311. The Morgan fingerprint density at radius 2 is 1.85 bits per heavy atom. The predicted octanol–water partition coefficient (Wildman–Crippen LogP) is 4.11. The van der Waals surface area contributed by atoms with Crippen LogP contribution in [0.2, 0.25) is 0 Å². The Kier molecular flexibility index (Phi) is 3.25. The topological polar surface area (TPSA) is 45.2 Å². The molecule has 0 saturated heterocycles. The summed E-state index contributed by atoms with van der Waals surface area (Å²) in [5.41, 5.74) is 2.86. The molecule has 20 heavy (non-hydrogen) atoms. The van der Waals surface area contributed by atoms with E-state index in [0.29, 0.717) is 5.75 Å². The van der Waals surface area contributed by atoms with Crippen LogP contribution < -0.4 is 5.32 Å². The number of aromatic hydroxyl groups is 1. The number of pyridine rings is 1. The van der Waals surface area contributed by atoms with Gasteiger partial charge in [-0.25, -0.2) is 0 Å². The first-order valence-corrected chi connectivity index (χ1v) is 6.64. The molecule has 0 spiro atoms. The van der Waals surface area contributed by atoms with E-state index < -0.39 is 0 Å². The Morgan fingerprint density at radius 1 is 1.00 bits per heavy atom. The molecule has 0 fully saturated rings. The molecule has 0 amide bonds. The summed E-state index contributed by atoms with van der Waals surface area (Å²) in [5, 5.41) is 14.4. The maximum Gasteiger partial charge on any atom is 0.120 e. The van der Waals surface area contributed by atoms with E-state index >= 15 is 0 Å². The van der Waals surface area contributed by atoms with Crippen LogP contribution in [0, 0.1) is 0 Å². The van der Waals surface area contributed by atoms with Gasteiger partial charge in [-0.15, -0.1) is 0 Å². The van der Waals surface area contributed by atoms with Gasteiger partial charge in [0, 0.05) is 22.8 Å². The van der Waals surface area contributed by atoms with Crippen molar-refractivity contribution in [3.8, 4) is 5.75 Å². The molecule has 2 N–H and O–H groups in total. The summed E-state index contributed by atoms with van der Waals surface area (Å²) in [4.78, 5) is 4.35. The Labute approximate surface area is 117 Å².